The maximum atomic E-state index is 12.8. The molecule has 2 fully saturated rings. The number of amides is 1. The molecule has 0 radical (unpaired) electrons. The molecule has 0 spiro atoms. The fourth-order valence-corrected chi connectivity index (χ4v) is 4.45. The van der Waals surface area contributed by atoms with E-state index in [1.807, 2.05) is 48.5 Å². The van der Waals surface area contributed by atoms with E-state index in [0.29, 0.717) is 0 Å². The maximum Gasteiger partial charge on any atom is 0.227 e. The van der Waals surface area contributed by atoms with E-state index >= 15 is 0 Å². The molecule has 4 rings (SSSR count). The lowest BCUT2D eigenvalue weighted by molar-refractivity contribution is -0.154. The van der Waals surface area contributed by atoms with E-state index in [4.69, 9.17) is 4.74 Å². The predicted molar refractivity (Wildman–Crippen MR) is 106 cm³/mol. The van der Waals surface area contributed by atoms with Gasteiger partial charge in [-0.25, -0.2) is 0 Å². The monoisotopic (exact) mass is 376 g/mol. The molecule has 3 atom stereocenters. The smallest absolute Gasteiger partial charge is 0.227 e. The minimum Gasteiger partial charge on any atom is -0.496 e. The van der Waals surface area contributed by atoms with Gasteiger partial charge in [-0.1, -0.05) is 48.9 Å². The first-order valence-electron chi connectivity index (χ1n) is 9.76. The van der Waals surface area contributed by atoms with Crippen molar-refractivity contribution < 1.29 is 14.6 Å². The molecule has 144 valence electrons. The zero-order valence-corrected chi connectivity index (χ0v) is 15.9. The molecule has 2 aliphatic rings. The number of ether oxygens (including phenoxy) is 1. The van der Waals surface area contributed by atoms with Gasteiger partial charge in [0.25, 0.3) is 0 Å². The van der Waals surface area contributed by atoms with Crippen LogP contribution in [0.4, 0.5) is 0 Å². The number of hydrogen-bond acceptors (Lipinski definition) is 4. The first-order chi connectivity index (χ1) is 13.7. The minimum absolute atomic E-state index is 0.00955. The normalized spacial score (nSPS) is 24.0. The average Bonchev–Trinajstić information content (AvgIpc) is 2.67. The van der Waals surface area contributed by atoms with E-state index in [1.54, 1.807) is 12.0 Å². The molecule has 0 unspecified atom stereocenters. The highest BCUT2D eigenvalue weighted by Gasteiger charge is 2.53. The Labute approximate surface area is 165 Å². The van der Waals surface area contributed by atoms with Crippen molar-refractivity contribution >= 4 is 5.91 Å². The van der Waals surface area contributed by atoms with Gasteiger partial charge in [-0.3, -0.25) is 4.79 Å². The van der Waals surface area contributed by atoms with Gasteiger partial charge in [-0.05, 0) is 30.0 Å². The van der Waals surface area contributed by atoms with Gasteiger partial charge in [0.15, 0.2) is 0 Å². The zero-order valence-electron chi connectivity index (χ0n) is 15.9. The van der Waals surface area contributed by atoms with Gasteiger partial charge >= 0.3 is 0 Å². The van der Waals surface area contributed by atoms with Crippen molar-refractivity contribution in [1.82, 2.24) is 4.90 Å². The highest BCUT2D eigenvalue weighted by Crippen LogP contribution is 2.47. The molecule has 2 aromatic rings. The minimum atomic E-state index is -0.555. The second kappa shape index (κ2) is 7.65. The Balaban J connectivity index is 1.73. The van der Waals surface area contributed by atoms with Crippen LogP contribution < -0.4 is 4.74 Å². The quantitative estimate of drug-likeness (QED) is 0.869. The molecule has 1 aliphatic heterocycles. The fourth-order valence-electron chi connectivity index (χ4n) is 4.45. The summed E-state index contributed by atoms with van der Waals surface area (Å²) in [5.74, 6) is 0.559. The molecule has 5 nitrogen and oxygen atoms in total. The molecule has 1 heterocycles. The topological polar surface area (TPSA) is 73.6 Å². The van der Waals surface area contributed by atoms with Crippen LogP contribution in [0, 0.1) is 17.2 Å². The fraction of sp³-hybridized carbons (Fsp3) is 0.391. The standard InChI is InChI=1S/C23H24N2O3/c1-28-21-12-5-4-10-17(21)16-9-2-3-11-18(16)22-19(13-24)25(20(22)14-26)23(27)15-7-6-8-15/h2-5,9-12,15,19-20,22,26H,6-8,14H2,1H3/t19-,20+,22-/m1/s1. The Morgan fingerprint density at radius 2 is 1.86 bits per heavy atom. The molecular formula is C23H24N2O3. The largest absolute Gasteiger partial charge is 0.496 e. The number of aliphatic hydroxyl groups is 1. The third-order valence-electron chi connectivity index (χ3n) is 6.16. The van der Waals surface area contributed by atoms with Crippen LogP contribution >= 0.6 is 0 Å². The van der Waals surface area contributed by atoms with Crippen molar-refractivity contribution in [2.45, 2.75) is 37.3 Å². The van der Waals surface area contributed by atoms with Crippen molar-refractivity contribution in [1.29, 1.82) is 5.26 Å². The lowest BCUT2D eigenvalue weighted by Crippen LogP contribution is -2.66. The van der Waals surface area contributed by atoms with Gasteiger partial charge in [0.1, 0.15) is 11.8 Å². The lowest BCUT2D eigenvalue weighted by Gasteiger charge is -2.53. The van der Waals surface area contributed by atoms with Crippen LogP contribution in [0.3, 0.4) is 0 Å². The third kappa shape index (κ3) is 2.85. The molecule has 1 saturated heterocycles. The van der Waals surface area contributed by atoms with Gasteiger partial charge in [0, 0.05) is 17.4 Å². The number of benzene rings is 2. The summed E-state index contributed by atoms with van der Waals surface area (Å²) in [5.41, 5.74) is 2.88. The lowest BCUT2D eigenvalue weighted by atomic mass is 9.71. The average molecular weight is 376 g/mol. The molecule has 0 aromatic heterocycles. The number of rotatable bonds is 5. The van der Waals surface area contributed by atoms with Crippen LogP contribution in [-0.4, -0.2) is 41.7 Å². The van der Waals surface area contributed by atoms with Crippen LogP contribution in [0.15, 0.2) is 48.5 Å². The Morgan fingerprint density at radius 1 is 1.18 bits per heavy atom. The van der Waals surface area contributed by atoms with Gasteiger partial charge in [0.2, 0.25) is 5.91 Å². The van der Waals surface area contributed by atoms with Gasteiger partial charge < -0.3 is 14.7 Å². The molecule has 1 saturated carbocycles. The number of para-hydroxylation sites is 1. The Bertz CT molecular complexity index is 916. The molecule has 5 heteroatoms. The summed E-state index contributed by atoms with van der Waals surface area (Å²) in [4.78, 5) is 14.4. The first-order valence-corrected chi connectivity index (χ1v) is 9.76. The molecule has 28 heavy (non-hydrogen) atoms. The molecule has 0 bridgehead atoms. The van der Waals surface area contributed by atoms with Crippen molar-refractivity contribution in [2.24, 2.45) is 5.92 Å². The first kappa shape index (κ1) is 18.5. The molecule has 1 amide bonds. The summed E-state index contributed by atoms with van der Waals surface area (Å²) in [7, 11) is 1.64. The maximum absolute atomic E-state index is 12.8. The van der Waals surface area contributed by atoms with Gasteiger partial charge in [-0.15, -0.1) is 0 Å². The molecule has 1 N–H and O–H groups in total. The van der Waals surface area contributed by atoms with E-state index in [2.05, 4.69) is 6.07 Å². The predicted octanol–water partition coefficient (Wildman–Crippen LogP) is 3.34. The number of carbonyl (C=O) groups excluding carboxylic acids is 1. The number of hydrogen-bond donors (Lipinski definition) is 1. The van der Waals surface area contributed by atoms with E-state index in [1.165, 1.54) is 0 Å². The number of aliphatic hydroxyl groups excluding tert-OH is 1. The second-order valence-electron chi connectivity index (χ2n) is 7.51. The van der Waals surface area contributed by atoms with E-state index in [9.17, 15) is 15.2 Å². The SMILES string of the molecule is COc1ccccc1-c1ccccc1[C@@H]1[C@@H](C#N)N(C(=O)C2CCC2)[C@H]1CO. The Kier molecular flexibility index (Phi) is 5.06. The third-order valence-corrected chi connectivity index (χ3v) is 6.16. The summed E-state index contributed by atoms with van der Waals surface area (Å²) >= 11 is 0. The number of nitriles is 1. The summed E-state index contributed by atoms with van der Waals surface area (Å²) in [6.45, 7) is -0.151. The van der Waals surface area contributed by atoms with Crippen LogP contribution in [-0.2, 0) is 4.79 Å². The summed E-state index contributed by atoms with van der Waals surface area (Å²) < 4.78 is 5.53. The summed E-state index contributed by atoms with van der Waals surface area (Å²) in [6, 6.07) is 17.1. The van der Waals surface area contributed by atoms with Crippen molar-refractivity contribution in [2.75, 3.05) is 13.7 Å². The number of carbonyl (C=O) groups is 1. The van der Waals surface area contributed by atoms with Gasteiger partial charge in [-0.2, -0.15) is 5.26 Å². The van der Waals surface area contributed by atoms with E-state index in [-0.39, 0.29) is 30.4 Å². The number of likely N-dealkylation sites (tertiary alicyclic amines) is 1. The van der Waals surface area contributed by atoms with E-state index < -0.39 is 6.04 Å². The summed E-state index contributed by atoms with van der Waals surface area (Å²) in [5, 5.41) is 19.9. The second-order valence-corrected chi connectivity index (χ2v) is 7.51. The summed E-state index contributed by atoms with van der Waals surface area (Å²) in [6.07, 6.45) is 2.83. The van der Waals surface area contributed by atoms with Crippen molar-refractivity contribution in [3.8, 4) is 22.9 Å². The van der Waals surface area contributed by atoms with Crippen LogP contribution in [0.5, 0.6) is 5.75 Å². The number of nitrogens with zero attached hydrogens (tertiary/aromatic N) is 2. The highest BCUT2D eigenvalue weighted by atomic mass is 16.5. The number of methoxy groups -OCH3 is 1. The van der Waals surface area contributed by atoms with Gasteiger partial charge in [0.05, 0.1) is 25.8 Å². The zero-order chi connectivity index (χ0) is 19.7. The Morgan fingerprint density at radius 3 is 2.46 bits per heavy atom. The Hall–Kier alpha value is -2.84. The van der Waals surface area contributed by atoms with E-state index in [0.717, 1.165) is 41.7 Å². The highest BCUT2D eigenvalue weighted by molar-refractivity contribution is 5.83. The molecular weight excluding hydrogens is 352 g/mol. The molecule has 1 aliphatic carbocycles. The van der Waals surface area contributed by atoms with Crippen LogP contribution in [0.25, 0.3) is 11.1 Å². The van der Waals surface area contributed by atoms with Crippen LogP contribution in [0.2, 0.25) is 0 Å². The molecule has 2 aromatic carbocycles. The van der Waals surface area contributed by atoms with Crippen molar-refractivity contribution in [3.05, 3.63) is 54.1 Å². The van der Waals surface area contributed by atoms with Crippen LogP contribution in [0.1, 0.15) is 30.7 Å². The van der Waals surface area contributed by atoms with Crippen molar-refractivity contribution in [3.63, 3.8) is 0 Å².